The number of hydrogen-bond donors (Lipinski definition) is 0. The van der Waals surface area contributed by atoms with Crippen molar-refractivity contribution >= 4 is 39.1 Å². The Bertz CT molecular complexity index is 758. The third kappa shape index (κ3) is 2.32. The molecule has 0 N–H and O–H groups in total. The average Bonchev–Trinajstić information content (AvgIpc) is 3.03. The monoisotopic (exact) mass is 305 g/mol. The third-order valence-corrected chi connectivity index (χ3v) is 4.35. The summed E-state index contributed by atoms with van der Waals surface area (Å²) >= 11 is 7.51. The molecular formula is C15H12ClNO2S. The average molecular weight is 306 g/mol. The van der Waals surface area contributed by atoms with Gasteiger partial charge in [-0.3, -0.25) is 0 Å². The number of methoxy groups -OCH3 is 1. The summed E-state index contributed by atoms with van der Waals surface area (Å²) in [6.45, 7) is 0.617. The molecule has 0 saturated heterocycles. The van der Waals surface area contributed by atoms with Crippen LogP contribution in [0, 0.1) is 0 Å². The zero-order chi connectivity index (χ0) is 14.1. The molecule has 0 radical (unpaired) electrons. The first-order chi connectivity index (χ1) is 9.69. The quantitative estimate of drug-likeness (QED) is 0.679. The summed E-state index contributed by atoms with van der Waals surface area (Å²) in [5.41, 5.74) is 1.66. The van der Waals surface area contributed by atoms with Gasteiger partial charge in [0.15, 0.2) is 0 Å². The molecule has 1 aromatic carbocycles. The molecule has 0 aliphatic heterocycles. The first-order valence-electron chi connectivity index (χ1n) is 6.08. The van der Waals surface area contributed by atoms with Crippen LogP contribution in [0.15, 0.2) is 41.8 Å². The molecule has 0 spiro atoms. The number of carbonyl (C=O) groups is 1. The minimum Gasteiger partial charge on any atom is -0.464 e. The maximum atomic E-state index is 11.9. The Morgan fingerprint density at radius 1 is 1.30 bits per heavy atom. The van der Waals surface area contributed by atoms with E-state index in [0.717, 1.165) is 15.8 Å². The lowest BCUT2D eigenvalue weighted by molar-refractivity contribution is 0.0589. The number of benzene rings is 1. The Kier molecular flexibility index (Phi) is 3.51. The van der Waals surface area contributed by atoms with E-state index in [1.54, 1.807) is 11.3 Å². The number of carbonyl (C=O) groups excluding carboxylic acids is 1. The summed E-state index contributed by atoms with van der Waals surface area (Å²) in [6.07, 6.45) is 0. The predicted molar refractivity (Wildman–Crippen MR) is 81.7 cm³/mol. The van der Waals surface area contributed by atoms with Crippen LogP contribution >= 0.6 is 22.9 Å². The molecule has 5 heteroatoms. The van der Waals surface area contributed by atoms with Gasteiger partial charge in [0.1, 0.15) is 10.5 Å². The van der Waals surface area contributed by atoms with E-state index < -0.39 is 0 Å². The van der Waals surface area contributed by atoms with Gasteiger partial charge >= 0.3 is 5.97 Å². The van der Waals surface area contributed by atoms with Gasteiger partial charge in [0.05, 0.1) is 7.11 Å². The Morgan fingerprint density at radius 2 is 2.05 bits per heavy atom. The number of fused-ring (bicyclic) bond motifs is 1. The number of nitrogens with zero attached hydrogens (tertiary/aromatic N) is 1. The topological polar surface area (TPSA) is 31.2 Å². The zero-order valence-corrected chi connectivity index (χ0v) is 12.4. The Labute approximate surface area is 125 Å². The Balaban J connectivity index is 2.06. The summed E-state index contributed by atoms with van der Waals surface area (Å²) in [7, 11) is 1.40. The van der Waals surface area contributed by atoms with E-state index >= 15 is 0 Å². The number of rotatable bonds is 3. The second-order valence-corrected chi connectivity index (χ2v) is 5.75. The van der Waals surface area contributed by atoms with Crippen molar-refractivity contribution in [3.05, 3.63) is 58.1 Å². The van der Waals surface area contributed by atoms with Gasteiger partial charge < -0.3 is 9.30 Å². The predicted octanol–water partition coefficient (Wildman–Crippen LogP) is 4.19. The molecule has 0 aliphatic carbocycles. The number of halogens is 1. The molecule has 102 valence electrons. The summed E-state index contributed by atoms with van der Waals surface area (Å²) < 4.78 is 6.84. The molecule has 0 aliphatic rings. The summed E-state index contributed by atoms with van der Waals surface area (Å²) in [5.74, 6) is -0.317. The van der Waals surface area contributed by atoms with Gasteiger partial charge in [0, 0.05) is 17.0 Å². The molecule has 0 atom stereocenters. The van der Waals surface area contributed by atoms with Crippen LogP contribution in [0.4, 0.5) is 0 Å². The van der Waals surface area contributed by atoms with Crippen molar-refractivity contribution in [2.45, 2.75) is 6.54 Å². The van der Waals surface area contributed by atoms with Crippen LogP contribution in [-0.2, 0) is 11.3 Å². The van der Waals surface area contributed by atoms with Crippen molar-refractivity contribution in [2.24, 2.45) is 0 Å². The maximum absolute atomic E-state index is 11.9. The fourth-order valence-electron chi connectivity index (χ4n) is 2.18. The van der Waals surface area contributed by atoms with Gasteiger partial charge in [0.2, 0.25) is 0 Å². The van der Waals surface area contributed by atoms with Gasteiger partial charge in [-0.2, -0.15) is 0 Å². The second-order valence-electron chi connectivity index (χ2n) is 4.41. The van der Waals surface area contributed by atoms with Crippen LogP contribution in [-0.4, -0.2) is 17.6 Å². The minimum atomic E-state index is -0.317. The second kappa shape index (κ2) is 5.31. The summed E-state index contributed by atoms with van der Waals surface area (Å²) in [6, 6.07) is 11.5. The van der Waals surface area contributed by atoms with Crippen molar-refractivity contribution in [1.29, 1.82) is 0 Å². The highest BCUT2D eigenvalue weighted by atomic mass is 35.5. The van der Waals surface area contributed by atoms with Crippen molar-refractivity contribution < 1.29 is 9.53 Å². The molecule has 3 nitrogen and oxygen atoms in total. The van der Waals surface area contributed by atoms with Crippen LogP contribution in [0.5, 0.6) is 0 Å². The molecule has 2 heterocycles. The van der Waals surface area contributed by atoms with E-state index in [2.05, 4.69) is 0 Å². The van der Waals surface area contributed by atoms with Gasteiger partial charge in [-0.15, -0.1) is 11.3 Å². The van der Waals surface area contributed by atoms with Crippen molar-refractivity contribution in [2.75, 3.05) is 7.11 Å². The largest absolute Gasteiger partial charge is 0.464 e. The highest BCUT2D eigenvalue weighted by Gasteiger charge is 2.17. The Hall–Kier alpha value is -1.78. The van der Waals surface area contributed by atoms with Crippen molar-refractivity contribution in [1.82, 2.24) is 4.57 Å². The van der Waals surface area contributed by atoms with Gasteiger partial charge in [-0.05, 0) is 35.2 Å². The van der Waals surface area contributed by atoms with E-state index in [1.807, 2.05) is 46.3 Å². The third-order valence-electron chi connectivity index (χ3n) is 3.15. The maximum Gasteiger partial charge on any atom is 0.354 e. The van der Waals surface area contributed by atoms with E-state index in [4.69, 9.17) is 16.3 Å². The van der Waals surface area contributed by atoms with E-state index in [-0.39, 0.29) is 5.97 Å². The SMILES string of the molecule is COC(=O)c1cc2ccsc2n1Cc1ccc(Cl)cc1. The number of aromatic nitrogens is 1. The van der Waals surface area contributed by atoms with Crippen LogP contribution in [0.25, 0.3) is 10.2 Å². The van der Waals surface area contributed by atoms with Gasteiger partial charge in [-0.1, -0.05) is 23.7 Å². The van der Waals surface area contributed by atoms with Gasteiger partial charge in [-0.25, -0.2) is 4.79 Å². The van der Waals surface area contributed by atoms with Crippen molar-refractivity contribution in [3.63, 3.8) is 0 Å². The molecule has 0 amide bonds. The molecule has 0 fully saturated rings. The fraction of sp³-hybridized carbons (Fsp3) is 0.133. The molecule has 20 heavy (non-hydrogen) atoms. The summed E-state index contributed by atoms with van der Waals surface area (Å²) in [4.78, 5) is 13.0. The molecule has 3 rings (SSSR count). The Morgan fingerprint density at radius 3 is 2.75 bits per heavy atom. The number of ether oxygens (including phenoxy) is 1. The molecule has 0 bridgehead atoms. The minimum absolute atomic E-state index is 0.317. The molecule has 0 saturated carbocycles. The van der Waals surface area contributed by atoms with Crippen LogP contribution in [0.2, 0.25) is 5.02 Å². The van der Waals surface area contributed by atoms with Crippen LogP contribution < -0.4 is 0 Å². The standard InChI is InChI=1S/C15H12ClNO2S/c1-19-15(18)13-8-11-6-7-20-14(11)17(13)9-10-2-4-12(16)5-3-10/h2-8H,9H2,1H3. The number of esters is 1. The van der Waals surface area contributed by atoms with E-state index in [9.17, 15) is 4.79 Å². The highest BCUT2D eigenvalue weighted by molar-refractivity contribution is 7.16. The van der Waals surface area contributed by atoms with Crippen molar-refractivity contribution in [3.8, 4) is 0 Å². The first-order valence-corrected chi connectivity index (χ1v) is 7.34. The van der Waals surface area contributed by atoms with Gasteiger partial charge in [0.25, 0.3) is 0 Å². The molecule has 3 aromatic rings. The van der Waals surface area contributed by atoms with E-state index in [0.29, 0.717) is 17.3 Å². The normalized spacial score (nSPS) is 10.9. The zero-order valence-electron chi connectivity index (χ0n) is 10.8. The highest BCUT2D eigenvalue weighted by Crippen LogP contribution is 2.27. The lowest BCUT2D eigenvalue weighted by Crippen LogP contribution is -2.11. The van der Waals surface area contributed by atoms with Crippen LogP contribution in [0.1, 0.15) is 16.1 Å². The fourth-order valence-corrected chi connectivity index (χ4v) is 3.20. The molecule has 2 aromatic heterocycles. The molecule has 0 unspecified atom stereocenters. The molecular weight excluding hydrogens is 294 g/mol. The lowest BCUT2D eigenvalue weighted by Gasteiger charge is -2.09. The smallest absolute Gasteiger partial charge is 0.354 e. The van der Waals surface area contributed by atoms with E-state index in [1.165, 1.54) is 7.11 Å². The number of hydrogen-bond acceptors (Lipinski definition) is 3. The van der Waals surface area contributed by atoms with Crippen LogP contribution in [0.3, 0.4) is 0 Å². The lowest BCUT2D eigenvalue weighted by atomic mass is 10.2. The number of thiophene rings is 1. The summed E-state index contributed by atoms with van der Waals surface area (Å²) in [5, 5.41) is 3.78. The first kappa shape index (κ1) is 13.2.